The number of benzene rings is 1. The van der Waals surface area contributed by atoms with Crippen molar-refractivity contribution in [1.82, 2.24) is 5.16 Å². The molecule has 0 amide bonds. The third kappa shape index (κ3) is 2.74. The van der Waals surface area contributed by atoms with E-state index in [1.165, 1.54) is 21.0 Å². The molecule has 9 heteroatoms. The molecule has 0 spiro atoms. The first kappa shape index (κ1) is 19.5. The van der Waals surface area contributed by atoms with Crippen molar-refractivity contribution in [2.45, 2.75) is 32.6 Å². The number of carbonyl (C=O) groups is 2. The van der Waals surface area contributed by atoms with Crippen molar-refractivity contribution in [2.75, 3.05) is 13.7 Å². The van der Waals surface area contributed by atoms with Crippen molar-refractivity contribution in [3.8, 4) is 5.75 Å². The summed E-state index contributed by atoms with van der Waals surface area (Å²) in [5.41, 5.74) is -1.18. The van der Waals surface area contributed by atoms with Crippen molar-refractivity contribution < 1.29 is 28.5 Å². The highest BCUT2D eigenvalue weighted by Gasteiger charge is 2.77. The first-order valence-electron chi connectivity index (χ1n) is 8.73. The molecule has 0 unspecified atom stereocenters. The summed E-state index contributed by atoms with van der Waals surface area (Å²) in [5.74, 6) is -2.20. The van der Waals surface area contributed by atoms with Crippen LogP contribution in [0.3, 0.4) is 0 Å². The fourth-order valence-electron chi connectivity index (χ4n) is 3.91. The van der Waals surface area contributed by atoms with E-state index in [4.69, 9.17) is 14.0 Å². The first-order chi connectivity index (χ1) is 13.3. The number of aryl methyl sites for hydroxylation is 1. The van der Waals surface area contributed by atoms with Gasteiger partial charge in [-0.3, -0.25) is 19.7 Å². The van der Waals surface area contributed by atoms with Gasteiger partial charge in [-0.1, -0.05) is 17.3 Å². The molecule has 1 aliphatic carbocycles. The van der Waals surface area contributed by atoms with Crippen molar-refractivity contribution >= 4 is 17.4 Å². The fourth-order valence-corrected chi connectivity index (χ4v) is 3.91. The molecular formula is C19H20N2O7. The van der Waals surface area contributed by atoms with Gasteiger partial charge in [0, 0.05) is 5.92 Å². The lowest BCUT2D eigenvalue weighted by Gasteiger charge is -2.13. The number of Topliss-reactive ketones (excluding diaryl/α,β-unsaturated/α-hetero) is 1. The molecular weight excluding hydrogens is 368 g/mol. The predicted molar refractivity (Wildman–Crippen MR) is 96.1 cm³/mol. The summed E-state index contributed by atoms with van der Waals surface area (Å²) in [6.45, 7) is 4.43. The van der Waals surface area contributed by atoms with E-state index in [1.54, 1.807) is 31.2 Å². The molecule has 0 radical (unpaired) electrons. The van der Waals surface area contributed by atoms with Gasteiger partial charge < -0.3 is 14.0 Å². The summed E-state index contributed by atoms with van der Waals surface area (Å²) in [4.78, 5) is 36.4. The standard InChI is InChI=1S/C19H20N2O7/c1-5-27-18(23)19(11(3)22)14(12-6-8-13(26-4)9-7-12)15(19)17-16(21(24)25)10(2)20-28-17/h6-9,14-15H,5H2,1-4H3/t14-,15+,19+/m1/s1. The molecule has 0 bridgehead atoms. The second kappa shape index (κ2) is 7.06. The van der Waals surface area contributed by atoms with E-state index in [2.05, 4.69) is 5.16 Å². The molecule has 0 N–H and O–H groups in total. The zero-order valence-corrected chi connectivity index (χ0v) is 15.9. The van der Waals surface area contributed by atoms with Crippen LogP contribution in [0.4, 0.5) is 5.69 Å². The van der Waals surface area contributed by atoms with Gasteiger partial charge in [-0.2, -0.15) is 0 Å². The van der Waals surface area contributed by atoms with E-state index >= 15 is 0 Å². The van der Waals surface area contributed by atoms with Crippen molar-refractivity contribution in [2.24, 2.45) is 5.41 Å². The maximum atomic E-state index is 12.8. The normalized spacial score (nSPS) is 23.1. The highest BCUT2D eigenvalue weighted by molar-refractivity contribution is 6.09. The quantitative estimate of drug-likeness (QED) is 0.307. The van der Waals surface area contributed by atoms with Crippen LogP contribution in [-0.4, -0.2) is 35.5 Å². The lowest BCUT2D eigenvalue weighted by Crippen LogP contribution is -2.29. The van der Waals surface area contributed by atoms with Gasteiger partial charge in [0.25, 0.3) is 0 Å². The Morgan fingerprint density at radius 2 is 1.93 bits per heavy atom. The zero-order valence-electron chi connectivity index (χ0n) is 15.9. The molecule has 148 valence electrons. The summed E-state index contributed by atoms with van der Waals surface area (Å²) >= 11 is 0. The molecule has 28 heavy (non-hydrogen) atoms. The van der Waals surface area contributed by atoms with Crippen molar-refractivity contribution in [3.05, 3.63) is 51.4 Å². The minimum absolute atomic E-state index is 0.0768. The second-order valence-electron chi connectivity index (χ2n) is 6.61. The zero-order chi connectivity index (χ0) is 20.6. The summed E-state index contributed by atoms with van der Waals surface area (Å²) in [6, 6.07) is 6.83. The number of ketones is 1. The summed E-state index contributed by atoms with van der Waals surface area (Å²) in [6.07, 6.45) is 0. The van der Waals surface area contributed by atoms with Crippen LogP contribution < -0.4 is 4.74 Å². The van der Waals surface area contributed by atoms with E-state index in [0.717, 1.165) is 0 Å². The Bertz CT molecular complexity index is 934. The molecule has 1 aromatic carbocycles. The molecule has 1 saturated carbocycles. The van der Waals surface area contributed by atoms with E-state index in [9.17, 15) is 19.7 Å². The number of hydrogen-bond donors (Lipinski definition) is 0. The number of carbonyl (C=O) groups excluding carboxylic acids is 2. The SMILES string of the molecule is CCOC(=O)[C@@]1(C(C)=O)[C@H](c2ccc(OC)cc2)[C@H]1c1onc(C)c1[N+](=O)[O-]. The molecule has 1 aromatic heterocycles. The number of nitrogens with zero attached hydrogens (tertiary/aromatic N) is 2. The van der Waals surface area contributed by atoms with Gasteiger partial charge >= 0.3 is 11.7 Å². The number of hydrogen-bond acceptors (Lipinski definition) is 8. The maximum absolute atomic E-state index is 12.8. The minimum atomic E-state index is -1.60. The summed E-state index contributed by atoms with van der Waals surface area (Å²) in [5, 5.41) is 15.2. The van der Waals surface area contributed by atoms with E-state index in [1.807, 2.05) is 0 Å². The smallest absolute Gasteiger partial charge is 0.334 e. The molecule has 3 rings (SSSR count). The van der Waals surface area contributed by atoms with Gasteiger partial charge in [0.1, 0.15) is 16.9 Å². The van der Waals surface area contributed by atoms with Crippen LogP contribution in [0, 0.1) is 22.5 Å². The van der Waals surface area contributed by atoms with Crippen molar-refractivity contribution in [3.63, 3.8) is 0 Å². The average Bonchev–Trinajstić information content (AvgIpc) is 3.22. The fraction of sp³-hybridized carbons (Fsp3) is 0.421. The van der Waals surface area contributed by atoms with Crippen LogP contribution in [0.2, 0.25) is 0 Å². The number of rotatable bonds is 7. The van der Waals surface area contributed by atoms with Crippen LogP contribution in [0.15, 0.2) is 28.8 Å². The number of ether oxygens (including phenoxy) is 2. The van der Waals surface area contributed by atoms with E-state index in [0.29, 0.717) is 11.3 Å². The lowest BCUT2D eigenvalue weighted by molar-refractivity contribution is -0.386. The Hall–Kier alpha value is -3.23. The Kier molecular flexibility index (Phi) is 4.93. The topological polar surface area (TPSA) is 122 Å². The van der Waals surface area contributed by atoms with Gasteiger partial charge in [0.2, 0.25) is 5.76 Å². The molecule has 1 fully saturated rings. The maximum Gasteiger partial charge on any atom is 0.334 e. The summed E-state index contributed by atoms with van der Waals surface area (Å²) in [7, 11) is 1.52. The number of methoxy groups -OCH3 is 1. The van der Waals surface area contributed by atoms with Crippen LogP contribution in [0.1, 0.15) is 42.7 Å². The number of nitro groups is 1. The largest absolute Gasteiger partial charge is 0.497 e. The lowest BCUT2D eigenvalue weighted by atomic mass is 9.94. The number of esters is 1. The van der Waals surface area contributed by atoms with Crippen LogP contribution in [0.5, 0.6) is 5.75 Å². The number of aromatic nitrogens is 1. The van der Waals surface area contributed by atoms with Gasteiger partial charge in [-0.25, -0.2) is 0 Å². The van der Waals surface area contributed by atoms with Gasteiger partial charge in [0.05, 0.1) is 24.6 Å². The molecule has 3 atom stereocenters. The van der Waals surface area contributed by atoms with Gasteiger partial charge in [-0.05, 0) is 38.5 Å². The van der Waals surface area contributed by atoms with Crippen LogP contribution >= 0.6 is 0 Å². The third-order valence-electron chi connectivity index (χ3n) is 5.20. The highest BCUT2D eigenvalue weighted by Crippen LogP contribution is 2.72. The Balaban J connectivity index is 2.17. The Morgan fingerprint density at radius 1 is 1.29 bits per heavy atom. The first-order valence-corrected chi connectivity index (χ1v) is 8.73. The van der Waals surface area contributed by atoms with E-state index in [-0.39, 0.29) is 23.7 Å². The monoisotopic (exact) mass is 388 g/mol. The molecule has 1 aliphatic rings. The molecule has 1 heterocycles. The Labute approximate surface area is 160 Å². The second-order valence-corrected chi connectivity index (χ2v) is 6.61. The van der Waals surface area contributed by atoms with Crippen molar-refractivity contribution in [1.29, 1.82) is 0 Å². The van der Waals surface area contributed by atoms with Gasteiger partial charge in [-0.15, -0.1) is 0 Å². The molecule has 9 nitrogen and oxygen atoms in total. The summed E-state index contributed by atoms with van der Waals surface area (Å²) < 4.78 is 15.5. The van der Waals surface area contributed by atoms with E-state index < -0.39 is 33.9 Å². The molecule has 0 aliphatic heterocycles. The van der Waals surface area contributed by atoms with Crippen LogP contribution in [-0.2, 0) is 14.3 Å². The average molecular weight is 388 g/mol. The minimum Gasteiger partial charge on any atom is -0.497 e. The van der Waals surface area contributed by atoms with Gasteiger partial charge in [0.15, 0.2) is 5.69 Å². The third-order valence-corrected chi connectivity index (χ3v) is 5.20. The van der Waals surface area contributed by atoms with Crippen LogP contribution in [0.25, 0.3) is 0 Å². The molecule has 2 aromatic rings. The highest BCUT2D eigenvalue weighted by atomic mass is 16.6. The Morgan fingerprint density at radius 3 is 2.43 bits per heavy atom. The predicted octanol–water partition coefficient (Wildman–Crippen LogP) is 2.92. The molecule has 0 saturated heterocycles.